The van der Waals surface area contributed by atoms with E-state index < -0.39 is 23.2 Å². The zero-order chi connectivity index (χ0) is 15.0. The lowest BCUT2D eigenvalue weighted by molar-refractivity contribution is 0.00747. The highest BCUT2D eigenvalue weighted by atomic mass is 19.1. The fraction of sp³-hybridized carbons (Fsp3) is 0.562. The average molecular weight is 279 g/mol. The monoisotopic (exact) mass is 279 g/mol. The van der Waals surface area contributed by atoms with Crippen LogP contribution in [0, 0.1) is 33.8 Å². The third kappa shape index (κ3) is 2.69. The molecule has 0 aliphatic heterocycles. The molecule has 1 aliphatic carbocycles. The minimum atomic E-state index is -1.22. The number of nitriles is 1. The smallest absolute Gasteiger partial charge is 0.131 e. The Hall–Kier alpha value is -1.47. The van der Waals surface area contributed by atoms with Crippen molar-refractivity contribution in [2.24, 2.45) is 10.8 Å². The lowest BCUT2D eigenvalue weighted by Crippen LogP contribution is -2.35. The van der Waals surface area contributed by atoms with Crippen molar-refractivity contribution in [3.8, 4) is 6.07 Å². The molecule has 0 bridgehead atoms. The first-order valence-electron chi connectivity index (χ1n) is 6.84. The molecule has 108 valence electrons. The van der Waals surface area contributed by atoms with Gasteiger partial charge in [0.25, 0.3) is 0 Å². The maximum atomic E-state index is 13.8. The summed E-state index contributed by atoms with van der Waals surface area (Å²) in [6.45, 7) is 4.25. The van der Waals surface area contributed by atoms with Crippen LogP contribution in [-0.2, 0) is 0 Å². The van der Waals surface area contributed by atoms with E-state index in [1.165, 1.54) is 6.07 Å². The highest BCUT2D eigenvalue weighted by Crippen LogP contribution is 2.51. The standard InChI is InChI=1S/C16H19F2NO/c1-15(2)5-7-16(10-19,8-6-15)14(20)12-4-3-11(17)9-13(12)18/h3-4,9,14,20H,5-8H2,1-2H3. The Kier molecular flexibility index (Phi) is 3.84. The van der Waals surface area contributed by atoms with E-state index in [1.54, 1.807) is 0 Å². The molecule has 0 saturated heterocycles. The van der Waals surface area contributed by atoms with Gasteiger partial charge in [-0.2, -0.15) is 5.26 Å². The topological polar surface area (TPSA) is 44.0 Å². The fourth-order valence-corrected chi connectivity index (χ4v) is 2.84. The van der Waals surface area contributed by atoms with Gasteiger partial charge in [0.1, 0.15) is 17.7 Å². The van der Waals surface area contributed by atoms with Crippen LogP contribution in [0.15, 0.2) is 18.2 Å². The number of rotatable bonds is 2. The van der Waals surface area contributed by atoms with Gasteiger partial charge in [-0.15, -0.1) is 0 Å². The van der Waals surface area contributed by atoms with E-state index in [1.807, 2.05) is 0 Å². The van der Waals surface area contributed by atoms with Crippen molar-refractivity contribution < 1.29 is 13.9 Å². The van der Waals surface area contributed by atoms with Crippen LogP contribution < -0.4 is 0 Å². The predicted molar refractivity (Wildman–Crippen MR) is 71.6 cm³/mol. The maximum absolute atomic E-state index is 13.8. The SMILES string of the molecule is CC1(C)CCC(C#N)(C(O)c2ccc(F)cc2F)CC1. The van der Waals surface area contributed by atoms with Gasteiger partial charge in [0.2, 0.25) is 0 Å². The van der Waals surface area contributed by atoms with Crippen molar-refractivity contribution in [3.63, 3.8) is 0 Å². The van der Waals surface area contributed by atoms with Crippen molar-refractivity contribution in [1.82, 2.24) is 0 Å². The van der Waals surface area contributed by atoms with Crippen LogP contribution in [0.25, 0.3) is 0 Å². The first kappa shape index (κ1) is 14.9. The summed E-state index contributed by atoms with van der Waals surface area (Å²) in [6, 6.07) is 5.27. The summed E-state index contributed by atoms with van der Waals surface area (Å²) in [5, 5.41) is 19.9. The van der Waals surface area contributed by atoms with Crippen molar-refractivity contribution in [2.45, 2.75) is 45.6 Å². The molecule has 1 atom stereocenters. The lowest BCUT2D eigenvalue weighted by atomic mass is 9.62. The van der Waals surface area contributed by atoms with E-state index in [0.717, 1.165) is 25.0 Å². The number of hydrogen-bond acceptors (Lipinski definition) is 2. The van der Waals surface area contributed by atoms with E-state index in [9.17, 15) is 19.1 Å². The summed E-state index contributed by atoms with van der Waals surface area (Å²) in [5.41, 5.74) is -0.831. The van der Waals surface area contributed by atoms with Gasteiger partial charge in [0.05, 0.1) is 11.5 Å². The Labute approximate surface area is 118 Å². The molecule has 0 spiro atoms. The molecule has 1 aromatic rings. The Morgan fingerprint density at radius 2 is 1.80 bits per heavy atom. The van der Waals surface area contributed by atoms with Gasteiger partial charge in [-0.1, -0.05) is 19.9 Å². The quantitative estimate of drug-likeness (QED) is 0.885. The van der Waals surface area contributed by atoms with Gasteiger partial charge in [-0.05, 0) is 37.2 Å². The number of aliphatic hydroxyl groups excluding tert-OH is 1. The first-order valence-corrected chi connectivity index (χ1v) is 6.84. The molecular weight excluding hydrogens is 260 g/mol. The fourth-order valence-electron chi connectivity index (χ4n) is 2.84. The molecule has 0 aromatic heterocycles. The molecule has 2 nitrogen and oxygen atoms in total. The minimum absolute atomic E-state index is 0.00709. The average Bonchev–Trinajstić information content (AvgIpc) is 2.39. The van der Waals surface area contributed by atoms with E-state index >= 15 is 0 Å². The minimum Gasteiger partial charge on any atom is -0.387 e. The van der Waals surface area contributed by atoms with Crippen LogP contribution >= 0.6 is 0 Å². The Bertz CT molecular complexity index is 538. The van der Waals surface area contributed by atoms with Crippen molar-refractivity contribution in [2.75, 3.05) is 0 Å². The molecule has 1 aromatic carbocycles. The van der Waals surface area contributed by atoms with Crippen molar-refractivity contribution >= 4 is 0 Å². The lowest BCUT2D eigenvalue weighted by Gasteiger charge is -2.42. The highest BCUT2D eigenvalue weighted by Gasteiger charge is 2.45. The number of hydrogen-bond donors (Lipinski definition) is 1. The summed E-state index contributed by atoms with van der Waals surface area (Å²) in [6.07, 6.45) is 1.44. The molecule has 1 aliphatic rings. The third-order valence-electron chi connectivity index (χ3n) is 4.50. The summed E-state index contributed by atoms with van der Waals surface area (Å²) < 4.78 is 26.8. The second-order valence-corrected chi connectivity index (χ2v) is 6.50. The van der Waals surface area contributed by atoms with Crippen molar-refractivity contribution in [1.29, 1.82) is 5.26 Å². The summed E-state index contributed by atoms with van der Waals surface area (Å²) in [5.74, 6) is -1.48. The maximum Gasteiger partial charge on any atom is 0.131 e. The summed E-state index contributed by atoms with van der Waals surface area (Å²) in [4.78, 5) is 0. The molecule has 1 saturated carbocycles. The van der Waals surface area contributed by atoms with E-state index in [0.29, 0.717) is 12.8 Å². The van der Waals surface area contributed by atoms with Crippen molar-refractivity contribution in [3.05, 3.63) is 35.4 Å². The first-order chi connectivity index (χ1) is 9.30. The largest absolute Gasteiger partial charge is 0.387 e. The van der Waals surface area contributed by atoms with E-state index in [2.05, 4.69) is 19.9 Å². The molecule has 1 unspecified atom stereocenters. The highest BCUT2D eigenvalue weighted by molar-refractivity contribution is 5.26. The van der Waals surface area contributed by atoms with E-state index in [4.69, 9.17) is 0 Å². The Morgan fingerprint density at radius 1 is 1.20 bits per heavy atom. The van der Waals surface area contributed by atoms with Gasteiger partial charge in [0, 0.05) is 11.6 Å². The van der Waals surface area contributed by atoms with E-state index in [-0.39, 0.29) is 11.0 Å². The Morgan fingerprint density at radius 3 is 2.30 bits per heavy atom. The second-order valence-electron chi connectivity index (χ2n) is 6.50. The molecule has 0 radical (unpaired) electrons. The zero-order valence-corrected chi connectivity index (χ0v) is 11.8. The Balaban J connectivity index is 2.31. The summed E-state index contributed by atoms with van der Waals surface area (Å²) in [7, 11) is 0. The van der Waals surface area contributed by atoms with Crippen LogP contribution in [0.5, 0.6) is 0 Å². The second kappa shape index (κ2) is 5.14. The summed E-state index contributed by atoms with van der Waals surface area (Å²) >= 11 is 0. The normalized spacial score (nSPS) is 22.0. The number of aliphatic hydroxyl groups is 1. The molecule has 4 heteroatoms. The van der Waals surface area contributed by atoms with Gasteiger partial charge >= 0.3 is 0 Å². The van der Waals surface area contributed by atoms with Gasteiger partial charge < -0.3 is 5.11 Å². The van der Waals surface area contributed by atoms with Gasteiger partial charge in [-0.3, -0.25) is 0 Å². The molecule has 1 fully saturated rings. The van der Waals surface area contributed by atoms with Crippen LogP contribution in [0.4, 0.5) is 8.78 Å². The molecule has 1 N–H and O–H groups in total. The van der Waals surface area contributed by atoms with Crippen LogP contribution in [0.1, 0.15) is 51.2 Å². The van der Waals surface area contributed by atoms with Gasteiger partial charge in [0.15, 0.2) is 0 Å². The molecule has 2 rings (SSSR count). The number of halogens is 2. The molecule has 0 heterocycles. The predicted octanol–water partition coefficient (Wildman–Crippen LogP) is 4.11. The number of nitrogens with zero attached hydrogens (tertiary/aromatic N) is 1. The third-order valence-corrected chi connectivity index (χ3v) is 4.50. The molecule has 0 amide bonds. The van der Waals surface area contributed by atoms with Crippen LogP contribution in [0.2, 0.25) is 0 Å². The zero-order valence-electron chi connectivity index (χ0n) is 11.8. The molecule has 20 heavy (non-hydrogen) atoms. The van der Waals surface area contributed by atoms with Crippen LogP contribution in [0.3, 0.4) is 0 Å². The van der Waals surface area contributed by atoms with Crippen LogP contribution in [-0.4, -0.2) is 5.11 Å². The molecular formula is C16H19F2NO. The van der Waals surface area contributed by atoms with Gasteiger partial charge in [-0.25, -0.2) is 8.78 Å². The number of benzene rings is 1.